The molecule has 0 fully saturated rings. The first kappa shape index (κ1) is 16.5. The fourth-order valence-corrected chi connectivity index (χ4v) is 2.71. The largest absolute Gasteiger partial charge is 0.373 e. The molecule has 0 N–H and O–H groups in total. The first-order chi connectivity index (χ1) is 9.20. The zero-order valence-electron chi connectivity index (χ0n) is 13.4. The molecule has 2 atom stereocenters. The van der Waals surface area contributed by atoms with Crippen LogP contribution in [0.4, 0.5) is 0 Å². The predicted octanol–water partition coefficient (Wildman–Crippen LogP) is 5.66. The molecule has 0 saturated carbocycles. The van der Waals surface area contributed by atoms with Gasteiger partial charge in [0.2, 0.25) is 0 Å². The van der Waals surface area contributed by atoms with E-state index in [9.17, 15) is 0 Å². The Balaban J connectivity index is 2.24. The summed E-state index contributed by atoms with van der Waals surface area (Å²) in [6, 6.07) is 0. The van der Waals surface area contributed by atoms with Crippen LogP contribution >= 0.6 is 0 Å². The lowest BCUT2D eigenvalue weighted by Gasteiger charge is -2.30. The van der Waals surface area contributed by atoms with Gasteiger partial charge < -0.3 is 4.74 Å². The Kier molecular flexibility index (Phi) is 8.13. The van der Waals surface area contributed by atoms with Gasteiger partial charge in [-0.2, -0.15) is 0 Å². The number of rotatable bonds is 9. The van der Waals surface area contributed by atoms with Crippen LogP contribution in [0, 0.1) is 5.92 Å². The molecule has 1 heteroatoms. The van der Waals surface area contributed by atoms with Crippen LogP contribution in [-0.4, -0.2) is 12.7 Å². The lowest BCUT2D eigenvalue weighted by molar-refractivity contribution is 0.0462. The van der Waals surface area contributed by atoms with Crippen LogP contribution in [-0.2, 0) is 4.74 Å². The summed E-state index contributed by atoms with van der Waals surface area (Å²) in [6.07, 6.45) is 14.0. The van der Waals surface area contributed by atoms with E-state index in [0.717, 1.165) is 13.0 Å². The van der Waals surface area contributed by atoms with Crippen molar-refractivity contribution in [3.05, 3.63) is 23.3 Å². The lowest BCUT2D eigenvalue weighted by Crippen LogP contribution is -2.27. The minimum atomic E-state index is 0.325. The second-order valence-corrected chi connectivity index (χ2v) is 5.85. The molecule has 0 aromatic rings. The van der Waals surface area contributed by atoms with Gasteiger partial charge in [0.15, 0.2) is 0 Å². The van der Waals surface area contributed by atoms with Crippen LogP contribution in [0.1, 0.15) is 72.6 Å². The first-order valence-electron chi connectivity index (χ1n) is 8.19. The summed E-state index contributed by atoms with van der Waals surface area (Å²) >= 11 is 0. The maximum absolute atomic E-state index is 6.17. The van der Waals surface area contributed by atoms with Gasteiger partial charge in [0.25, 0.3) is 0 Å². The van der Waals surface area contributed by atoms with Gasteiger partial charge in [0.1, 0.15) is 0 Å². The summed E-state index contributed by atoms with van der Waals surface area (Å²) in [5.74, 6) is 0.542. The molecular formula is C18H32O. The topological polar surface area (TPSA) is 9.23 Å². The van der Waals surface area contributed by atoms with Crippen LogP contribution < -0.4 is 0 Å². The molecule has 110 valence electrons. The molecule has 0 aliphatic heterocycles. The van der Waals surface area contributed by atoms with Crippen molar-refractivity contribution in [2.75, 3.05) is 6.61 Å². The highest BCUT2D eigenvalue weighted by atomic mass is 16.5. The third kappa shape index (κ3) is 5.52. The van der Waals surface area contributed by atoms with E-state index in [1.807, 2.05) is 0 Å². The molecular weight excluding hydrogens is 232 g/mol. The van der Waals surface area contributed by atoms with Gasteiger partial charge in [-0.05, 0) is 25.3 Å². The normalized spacial score (nSPS) is 23.2. The first-order valence-corrected chi connectivity index (χ1v) is 8.19. The summed E-state index contributed by atoms with van der Waals surface area (Å²) in [5.41, 5.74) is 2.91. The minimum Gasteiger partial charge on any atom is -0.373 e. The van der Waals surface area contributed by atoms with Crippen molar-refractivity contribution in [3.8, 4) is 0 Å². The summed E-state index contributed by atoms with van der Waals surface area (Å²) in [4.78, 5) is 0. The van der Waals surface area contributed by atoms with Crippen molar-refractivity contribution in [2.24, 2.45) is 5.92 Å². The van der Waals surface area contributed by atoms with Gasteiger partial charge in [0.05, 0.1) is 6.10 Å². The molecule has 0 radical (unpaired) electrons. The summed E-state index contributed by atoms with van der Waals surface area (Å²) in [6.45, 7) is 9.93. The highest BCUT2D eigenvalue weighted by molar-refractivity contribution is 5.29. The highest BCUT2D eigenvalue weighted by Gasteiger charge is 2.24. The van der Waals surface area contributed by atoms with E-state index in [-0.39, 0.29) is 0 Å². The molecule has 0 spiro atoms. The Morgan fingerprint density at radius 1 is 1.00 bits per heavy atom. The Hall–Kier alpha value is -0.560. The minimum absolute atomic E-state index is 0.325. The molecule has 0 heterocycles. The van der Waals surface area contributed by atoms with Gasteiger partial charge in [-0.25, -0.2) is 0 Å². The number of allylic oxidation sites excluding steroid dienone is 2. The average Bonchev–Trinajstić information content (AvgIpc) is 2.42. The van der Waals surface area contributed by atoms with Crippen LogP contribution in [0.3, 0.4) is 0 Å². The van der Waals surface area contributed by atoms with Crippen molar-refractivity contribution in [3.63, 3.8) is 0 Å². The van der Waals surface area contributed by atoms with Gasteiger partial charge in [-0.1, -0.05) is 70.6 Å². The van der Waals surface area contributed by atoms with Crippen LogP contribution in [0.2, 0.25) is 0 Å². The molecule has 0 aromatic carbocycles. The van der Waals surface area contributed by atoms with Crippen LogP contribution in [0.5, 0.6) is 0 Å². The number of unbranched alkanes of at least 4 members (excludes halogenated alkanes) is 5. The van der Waals surface area contributed by atoms with Crippen molar-refractivity contribution >= 4 is 0 Å². The number of hydrogen-bond acceptors (Lipinski definition) is 1. The van der Waals surface area contributed by atoms with E-state index in [1.165, 1.54) is 49.7 Å². The smallest absolute Gasteiger partial charge is 0.0850 e. The van der Waals surface area contributed by atoms with E-state index in [4.69, 9.17) is 4.74 Å². The van der Waals surface area contributed by atoms with Gasteiger partial charge >= 0.3 is 0 Å². The zero-order chi connectivity index (χ0) is 14.1. The van der Waals surface area contributed by atoms with Gasteiger partial charge in [0, 0.05) is 12.5 Å². The summed E-state index contributed by atoms with van der Waals surface area (Å²) < 4.78 is 6.17. The Bertz CT molecular complexity index is 301. The van der Waals surface area contributed by atoms with Crippen LogP contribution in [0.25, 0.3) is 0 Å². The quantitative estimate of drug-likeness (QED) is 0.488. The Morgan fingerprint density at radius 2 is 1.68 bits per heavy atom. The van der Waals surface area contributed by atoms with Crippen molar-refractivity contribution in [1.29, 1.82) is 0 Å². The Labute approximate surface area is 120 Å². The lowest BCUT2D eigenvalue weighted by atomic mass is 9.85. The third-order valence-electron chi connectivity index (χ3n) is 4.30. The second-order valence-electron chi connectivity index (χ2n) is 5.85. The highest BCUT2D eigenvalue weighted by Crippen LogP contribution is 2.29. The number of hydrogen-bond donors (Lipinski definition) is 0. The van der Waals surface area contributed by atoms with E-state index < -0.39 is 0 Å². The van der Waals surface area contributed by atoms with Crippen molar-refractivity contribution in [1.82, 2.24) is 0 Å². The molecule has 0 bridgehead atoms. The van der Waals surface area contributed by atoms with Crippen LogP contribution in [0.15, 0.2) is 23.3 Å². The fraction of sp³-hybridized carbons (Fsp3) is 0.778. The predicted molar refractivity (Wildman–Crippen MR) is 84.4 cm³/mol. The SMILES string of the molecule is CCCCCCCCOC1C(CC)=CC=C(C)C1C. The second kappa shape index (κ2) is 9.36. The molecule has 19 heavy (non-hydrogen) atoms. The van der Waals surface area contributed by atoms with E-state index in [1.54, 1.807) is 0 Å². The summed E-state index contributed by atoms with van der Waals surface area (Å²) in [5, 5.41) is 0. The van der Waals surface area contributed by atoms with E-state index >= 15 is 0 Å². The molecule has 0 amide bonds. The molecule has 0 aromatic heterocycles. The average molecular weight is 264 g/mol. The standard InChI is InChI=1S/C18H32O/c1-5-7-8-9-10-11-14-19-18-16(4)15(3)12-13-17(18)6-2/h12-13,16,18H,5-11,14H2,1-4H3. The fourth-order valence-electron chi connectivity index (χ4n) is 2.71. The molecule has 1 nitrogen and oxygen atoms in total. The summed E-state index contributed by atoms with van der Waals surface area (Å²) in [7, 11) is 0. The van der Waals surface area contributed by atoms with Gasteiger partial charge in [-0.3, -0.25) is 0 Å². The maximum atomic E-state index is 6.17. The van der Waals surface area contributed by atoms with Crippen molar-refractivity contribution in [2.45, 2.75) is 78.7 Å². The molecule has 1 rings (SSSR count). The zero-order valence-corrected chi connectivity index (χ0v) is 13.4. The maximum Gasteiger partial charge on any atom is 0.0850 e. The molecule has 2 unspecified atom stereocenters. The van der Waals surface area contributed by atoms with E-state index in [0.29, 0.717) is 12.0 Å². The van der Waals surface area contributed by atoms with E-state index in [2.05, 4.69) is 39.8 Å². The Morgan fingerprint density at radius 3 is 2.37 bits per heavy atom. The molecule has 1 aliphatic rings. The van der Waals surface area contributed by atoms with Gasteiger partial charge in [-0.15, -0.1) is 0 Å². The van der Waals surface area contributed by atoms with Crippen molar-refractivity contribution < 1.29 is 4.74 Å². The number of ether oxygens (including phenoxy) is 1. The molecule has 0 saturated heterocycles. The monoisotopic (exact) mass is 264 g/mol. The third-order valence-corrected chi connectivity index (χ3v) is 4.30. The molecule has 1 aliphatic carbocycles.